The predicted molar refractivity (Wildman–Crippen MR) is 114 cm³/mol. The summed E-state index contributed by atoms with van der Waals surface area (Å²) in [5.74, 6) is 1.51. The Morgan fingerprint density at radius 2 is 1.93 bits per heavy atom. The van der Waals surface area contributed by atoms with E-state index in [1.165, 1.54) is 10.6 Å². The average molecular weight is 423 g/mol. The summed E-state index contributed by atoms with van der Waals surface area (Å²) in [4.78, 5) is 13.6. The molecule has 9 nitrogen and oxygen atoms in total. The van der Waals surface area contributed by atoms with Crippen molar-refractivity contribution in [1.29, 1.82) is 0 Å². The number of sulfonamides is 1. The zero-order valence-corrected chi connectivity index (χ0v) is 18.2. The highest BCUT2D eigenvalue weighted by Gasteiger charge is 2.24. The number of rotatable bonds is 7. The van der Waals surface area contributed by atoms with Crippen LogP contribution in [0, 0.1) is 5.92 Å². The van der Waals surface area contributed by atoms with E-state index < -0.39 is 16.1 Å². The number of aliphatic hydroxyl groups is 1. The second-order valence-electron chi connectivity index (χ2n) is 7.99. The lowest BCUT2D eigenvalue weighted by molar-refractivity contribution is 0.194. The summed E-state index contributed by atoms with van der Waals surface area (Å²) in [5, 5.41) is 17.3. The van der Waals surface area contributed by atoms with Gasteiger partial charge in [-0.1, -0.05) is 0 Å². The van der Waals surface area contributed by atoms with Crippen molar-refractivity contribution in [3.8, 4) is 0 Å². The van der Waals surface area contributed by atoms with Crippen molar-refractivity contribution in [3.63, 3.8) is 0 Å². The van der Waals surface area contributed by atoms with Crippen molar-refractivity contribution in [3.05, 3.63) is 18.0 Å². The lowest BCUT2D eigenvalue weighted by Gasteiger charge is -2.30. The van der Waals surface area contributed by atoms with Crippen LogP contribution in [0.5, 0.6) is 0 Å². The van der Waals surface area contributed by atoms with Crippen LogP contribution < -0.4 is 10.6 Å². The van der Waals surface area contributed by atoms with Gasteiger partial charge in [-0.15, -0.1) is 0 Å². The van der Waals surface area contributed by atoms with Gasteiger partial charge in [0, 0.05) is 37.3 Å². The molecule has 160 valence electrons. The van der Waals surface area contributed by atoms with Gasteiger partial charge in [0.25, 0.3) is 0 Å². The summed E-state index contributed by atoms with van der Waals surface area (Å²) < 4.78 is 24.8. The molecule has 10 heteroatoms. The Kier molecular flexibility index (Phi) is 6.55. The number of pyridine rings is 1. The highest BCUT2D eigenvalue weighted by molar-refractivity contribution is 7.88. The van der Waals surface area contributed by atoms with Crippen LogP contribution in [0.4, 0.5) is 11.8 Å². The Labute approximate surface area is 172 Å². The molecule has 1 aliphatic rings. The predicted octanol–water partition coefficient (Wildman–Crippen LogP) is 1.98. The third kappa shape index (κ3) is 5.52. The molecule has 0 saturated carbocycles. The van der Waals surface area contributed by atoms with Gasteiger partial charge >= 0.3 is 0 Å². The van der Waals surface area contributed by atoms with Gasteiger partial charge in [-0.2, -0.15) is 0 Å². The first-order chi connectivity index (χ1) is 13.6. The first-order valence-corrected chi connectivity index (χ1v) is 11.8. The highest BCUT2D eigenvalue weighted by Crippen LogP contribution is 2.25. The second kappa shape index (κ2) is 8.76. The minimum atomic E-state index is -3.11. The van der Waals surface area contributed by atoms with Crippen LogP contribution in [-0.2, 0) is 10.0 Å². The van der Waals surface area contributed by atoms with Gasteiger partial charge in [-0.3, -0.25) is 0 Å². The van der Waals surface area contributed by atoms with Crippen molar-refractivity contribution < 1.29 is 13.5 Å². The maximum atomic E-state index is 11.6. The summed E-state index contributed by atoms with van der Waals surface area (Å²) in [6.07, 6.45) is 3.94. The fraction of sp³-hybridized carbons (Fsp3) is 0.632. The van der Waals surface area contributed by atoms with Crippen LogP contribution in [0.25, 0.3) is 10.9 Å². The van der Waals surface area contributed by atoms with Crippen molar-refractivity contribution >= 4 is 32.7 Å². The van der Waals surface area contributed by atoms with Gasteiger partial charge in [0.05, 0.1) is 18.1 Å². The summed E-state index contributed by atoms with van der Waals surface area (Å²) in [5.41, 5.74) is 1.27. The first kappa shape index (κ1) is 21.7. The largest absolute Gasteiger partial charge is 0.387 e. The second-order valence-corrected chi connectivity index (χ2v) is 9.97. The van der Waals surface area contributed by atoms with Gasteiger partial charge in [0.2, 0.25) is 16.0 Å². The Morgan fingerprint density at radius 3 is 2.52 bits per heavy atom. The normalized spacial score (nSPS) is 17.6. The number of nitrogens with one attached hydrogen (secondary N) is 2. The van der Waals surface area contributed by atoms with E-state index in [4.69, 9.17) is 0 Å². The Hall–Kier alpha value is -2.04. The maximum Gasteiger partial charge on any atom is 0.223 e. The summed E-state index contributed by atoms with van der Waals surface area (Å²) in [6, 6.07) is 1.97. The molecule has 1 atom stereocenters. The van der Waals surface area contributed by atoms with Gasteiger partial charge in [-0.25, -0.2) is 27.7 Å². The smallest absolute Gasteiger partial charge is 0.223 e. The van der Waals surface area contributed by atoms with Crippen molar-refractivity contribution in [2.75, 3.05) is 36.5 Å². The molecular formula is C19H30N6O3S. The lowest BCUT2D eigenvalue weighted by atomic mass is 9.98. The van der Waals surface area contributed by atoms with Crippen LogP contribution in [0.2, 0.25) is 0 Å². The number of aromatic nitrogens is 3. The van der Waals surface area contributed by atoms with Gasteiger partial charge in [0.1, 0.15) is 5.52 Å². The van der Waals surface area contributed by atoms with E-state index in [0.717, 1.165) is 18.2 Å². The fourth-order valence-corrected chi connectivity index (χ4v) is 4.29. The number of nitrogens with zero attached hydrogens (tertiary/aromatic N) is 4. The molecule has 0 aliphatic carbocycles. The number of piperidine rings is 1. The van der Waals surface area contributed by atoms with Crippen molar-refractivity contribution in [1.82, 2.24) is 19.3 Å². The molecule has 1 fully saturated rings. The number of fused-ring (bicyclic) bond motifs is 1. The summed E-state index contributed by atoms with van der Waals surface area (Å²) >= 11 is 0. The molecule has 3 heterocycles. The molecular weight excluding hydrogens is 392 g/mol. The Bertz CT molecular complexity index is 956. The van der Waals surface area contributed by atoms with Crippen LogP contribution in [-0.4, -0.2) is 64.7 Å². The molecule has 0 spiro atoms. The number of aliphatic hydroxyl groups excluding tert-OH is 1. The average Bonchev–Trinajstić information content (AvgIpc) is 2.65. The van der Waals surface area contributed by atoms with Gasteiger partial charge in [0.15, 0.2) is 5.82 Å². The molecule has 29 heavy (non-hydrogen) atoms. The minimum Gasteiger partial charge on any atom is -0.387 e. The van der Waals surface area contributed by atoms with E-state index in [2.05, 4.69) is 25.6 Å². The highest BCUT2D eigenvalue weighted by atomic mass is 32.2. The monoisotopic (exact) mass is 422 g/mol. The molecule has 3 rings (SSSR count). The zero-order valence-electron chi connectivity index (χ0n) is 17.4. The molecule has 1 aliphatic heterocycles. The molecule has 3 N–H and O–H groups in total. The molecule has 1 saturated heterocycles. The molecule has 0 amide bonds. The SMILES string of the molecule is CC(C)Nc1nc([C@@H](C)O)cc2cnc(NCC3CCN(S(C)(=O)=O)CC3)nc12. The quantitative estimate of drug-likeness (QED) is 0.619. The van der Waals surface area contributed by atoms with E-state index in [9.17, 15) is 13.5 Å². The van der Waals surface area contributed by atoms with E-state index in [1.807, 2.05) is 13.8 Å². The molecule has 0 radical (unpaired) electrons. The third-order valence-corrected chi connectivity index (χ3v) is 6.33. The van der Waals surface area contributed by atoms with E-state index in [1.54, 1.807) is 19.2 Å². The number of hydrogen-bond acceptors (Lipinski definition) is 8. The number of hydrogen-bond donors (Lipinski definition) is 3. The lowest BCUT2D eigenvalue weighted by Crippen LogP contribution is -2.39. The van der Waals surface area contributed by atoms with Gasteiger partial charge in [-0.05, 0) is 45.6 Å². The van der Waals surface area contributed by atoms with Gasteiger partial charge < -0.3 is 15.7 Å². The van der Waals surface area contributed by atoms with E-state index >= 15 is 0 Å². The number of anilines is 2. The third-order valence-electron chi connectivity index (χ3n) is 5.03. The molecule has 0 unspecified atom stereocenters. The first-order valence-electron chi connectivity index (χ1n) is 9.94. The van der Waals surface area contributed by atoms with Crippen molar-refractivity contribution in [2.45, 2.75) is 45.8 Å². The Balaban J connectivity index is 1.73. The molecule has 0 aromatic carbocycles. The maximum absolute atomic E-state index is 11.6. The fourth-order valence-electron chi connectivity index (χ4n) is 3.41. The molecule has 0 bridgehead atoms. The topological polar surface area (TPSA) is 120 Å². The van der Waals surface area contributed by atoms with Crippen LogP contribution >= 0.6 is 0 Å². The molecule has 2 aromatic heterocycles. The zero-order chi connectivity index (χ0) is 21.2. The molecule has 2 aromatic rings. The summed E-state index contributed by atoms with van der Waals surface area (Å²) in [6.45, 7) is 7.52. The van der Waals surface area contributed by atoms with Crippen LogP contribution in [0.3, 0.4) is 0 Å². The van der Waals surface area contributed by atoms with E-state index in [0.29, 0.717) is 48.5 Å². The van der Waals surface area contributed by atoms with Crippen molar-refractivity contribution in [2.24, 2.45) is 5.92 Å². The minimum absolute atomic E-state index is 0.168. The summed E-state index contributed by atoms with van der Waals surface area (Å²) in [7, 11) is -3.11. The van der Waals surface area contributed by atoms with Crippen LogP contribution in [0.15, 0.2) is 12.3 Å². The van der Waals surface area contributed by atoms with Crippen LogP contribution in [0.1, 0.15) is 45.4 Å². The standard InChI is InChI=1S/C19H30N6O3S/c1-12(2)22-18-17-15(9-16(23-18)13(3)26)11-21-19(24-17)20-10-14-5-7-25(8-6-14)29(4,27)28/h9,11-14,26H,5-8,10H2,1-4H3,(H,22,23)(H,20,21,24)/t13-/m1/s1. The Morgan fingerprint density at radius 1 is 1.24 bits per heavy atom. The van der Waals surface area contributed by atoms with E-state index in [-0.39, 0.29) is 6.04 Å².